The van der Waals surface area contributed by atoms with E-state index in [1.807, 2.05) is 13.8 Å². The van der Waals surface area contributed by atoms with Crippen LogP contribution < -0.4 is 10.4 Å². The van der Waals surface area contributed by atoms with E-state index >= 15 is 0 Å². The van der Waals surface area contributed by atoms with Crippen molar-refractivity contribution in [2.24, 2.45) is 5.92 Å². The average molecular weight is 423 g/mol. The standard InChI is InChI=1S/C22H21BF3N5/c1-12-13(2)31(18-7-6-16(9-17(18)23)22(24,25)26)21-19(12)20(28-14(3)29-21)30-8-4-5-15(10-27)11-30/h6-7,9,15H,4-5,8,11H2,1-3H3. The molecule has 1 aliphatic heterocycles. The summed E-state index contributed by atoms with van der Waals surface area (Å²) >= 11 is 0. The molecule has 3 heterocycles. The average Bonchev–Trinajstić information content (AvgIpc) is 2.97. The summed E-state index contributed by atoms with van der Waals surface area (Å²) in [6.45, 7) is 7.00. The van der Waals surface area contributed by atoms with Gasteiger partial charge in [-0.15, -0.1) is 0 Å². The molecule has 5 nitrogen and oxygen atoms in total. The summed E-state index contributed by atoms with van der Waals surface area (Å²) in [7, 11) is 6.06. The molecule has 0 spiro atoms. The van der Waals surface area contributed by atoms with Crippen molar-refractivity contribution in [3.05, 3.63) is 40.8 Å². The Bertz CT molecular complexity index is 1210. The van der Waals surface area contributed by atoms with E-state index in [1.54, 1.807) is 11.5 Å². The van der Waals surface area contributed by atoms with Crippen molar-refractivity contribution in [2.75, 3.05) is 18.0 Å². The molecule has 0 N–H and O–H groups in total. The maximum Gasteiger partial charge on any atom is 0.416 e. The van der Waals surface area contributed by atoms with Gasteiger partial charge in [-0.25, -0.2) is 9.97 Å². The van der Waals surface area contributed by atoms with Gasteiger partial charge < -0.3 is 4.90 Å². The molecule has 4 rings (SSSR count). The minimum Gasteiger partial charge on any atom is -0.355 e. The van der Waals surface area contributed by atoms with E-state index in [0.29, 0.717) is 23.7 Å². The SMILES string of the molecule is [B]c1cc(C(F)(F)F)ccc1-n1c(C)c(C)c2c(N3CCCC(C#N)C3)nc(C)nc21. The first-order valence-electron chi connectivity index (χ1n) is 10.1. The molecule has 1 atom stereocenters. The third-order valence-corrected chi connectivity index (χ3v) is 5.95. The van der Waals surface area contributed by atoms with E-state index in [1.165, 1.54) is 6.07 Å². The number of hydrogen-bond acceptors (Lipinski definition) is 4. The van der Waals surface area contributed by atoms with E-state index in [4.69, 9.17) is 7.85 Å². The molecule has 0 amide bonds. The lowest BCUT2D eigenvalue weighted by Gasteiger charge is -2.31. The summed E-state index contributed by atoms with van der Waals surface area (Å²) < 4.78 is 41.1. The van der Waals surface area contributed by atoms with Gasteiger partial charge in [-0.3, -0.25) is 4.57 Å². The van der Waals surface area contributed by atoms with Crippen molar-refractivity contribution in [3.63, 3.8) is 0 Å². The van der Waals surface area contributed by atoms with Crippen LogP contribution in [0.25, 0.3) is 16.7 Å². The first-order chi connectivity index (χ1) is 14.6. The first-order valence-corrected chi connectivity index (χ1v) is 10.1. The summed E-state index contributed by atoms with van der Waals surface area (Å²) in [4.78, 5) is 11.4. The van der Waals surface area contributed by atoms with Crippen molar-refractivity contribution < 1.29 is 13.2 Å². The van der Waals surface area contributed by atoms with Crippen molar-refractivity contribution in [2.45, 2.75) is 39.8 Å². The smallest absolute Gasteiger partial charge is 0.355 e. The van der Waals surface area contributed by atoms with E-state index in [-0.39, 0.29) is 11.4 Å². The molecule has 0 saturated carbocycles. The summed E-state index contributed by atoms with van der Waals surface area (Å²) in [5.41, 5.74) is 2.04. The Hall–Kier alpha value is -3.02. The van der Waals surface area contributed by atoms with Gasteiger partial charge in [0.2, 0.25) is 0 Å². The fourth-order valence-corrected chi connectivity index (χ4v) is 4.28. The van der Waals surface area contributed by atoms with Crippen LogP contribution in [-0.2, 0) is 6.18 Å². The zero-order valence-corrected chi connectivity index (χ0v) is 17.6. The van der Waals surface area contributed by atoms with Crippen LogP contribution in [-0.4, -0.2) is 35.5 Å². The Labute approximate surface area is 179 Å². The predicted molar refractivity (Wildman–Crippen MR) is 114 cm³/mol. The van der Waals surface area contributed by atoms with Gasteiger partial charge in [0, 0.05) is 24.5 Å². The van der Waals surface area contributed by atoms with Crippen molar-refractivity contribution in [3.8, 4) is 11.8 Å². The molecule has 1 saturated heterocycles. The molecule has 0 bridgehead atoms. The number of alkyl halides is 3. The molecule has 3 aromatic rings. The lowest BCUT2D eigenvalue weighted by Crippen LogP contribution is -2.35. The van der Waals surface area contributed by atoms with Gasteiger partial charge in [0.1, 0.15) is 19.5 Å². The molecule has 1 aromatic carbocycles. The molecule has 2 aromatic heterocycles. The number of halogens is 3. The number of anilines is 1. The topological polar surface area (TPSA) is 57.7 Å². The normalized spacial score (nSPS) is 17.2. The van der Waals surface area contributed by atoms with Crippen molar-refractivity contribution in [1.29, 1.82) is 5.26 Å². The third kappa shape index (κ3) is 3.64. The molecule has 2 radical (unpaired) electrons. The summed E-state index contributed by atoms with van der Waals surface area (Å²) in [5, 5.41) is 10.2. The fourth-order valence-electron chi connectivity index (χ4n) is 4.28. The molecule has 158 valence electrons. The number of nitriles is 1. The van der Waals surface area contributed by atoms with Crippen LogP contribution in [0.15, 0.2) is 18.2 Å². The maximum atomic E-state index is 13.1. The predicted octanol–water partition coefficient (Wildman–Crippen LogP) is 3.90. The van der Waals surface area contributed by atoms with Crippen LogP contribution in [0.3, 0.4) is 0 Å². The zero-order valence-electron chi connectivity index (χ0n) is 17.6. The Balaban J connectivity index is 1.92. The molecule has 0 aliphatic carbocycles. The number of aromatic nitrogens is 3. The number of hydrogen-bond donors (Lipinski definition) is 0. The van der Waals surface area contributed by atoms with Crippen LogP contribution in [0, 0.1) is 38.0 Å². The van der Waals surface area contributed by atoms with Crippen molar-refractivity contribution >= 4 is 30.2 Å². The number of nitrogens with zero attached hydrogens (tertiary/aromatic N) is 5. The lowest BCUT2D eigenvalue weighted by molar-refractivity contribution is -0.137. The highest BCUT2D eigenvalue weighted by atomic mass is 19.4. The van der Waals surface area contributed by atoms with Crippen LogP contribution in [0.4, 0.5) is 19.0 Å². The number of rotatable bonds is 2. The van der Waals surface area contributed by atoms with Gasteiger partial charge in [0.05, 0.1) is 22.9 Å². The van der Waals surface area contributed by atoms with Gasteiger partial charge in [-0.1, -0.05) is 11.5 Å². The number of piperidine rings is 1. The van der Waals surface area contributed by atoms with Gasteiger partial charge in [0.25, 0.3) is 0 Å². The van der Waals surface area contributed by atoms with E-state index in [9.17, 15) is 18.4 Å². The third-order valence-electron chi connectivity index (χ3n) is 5.95. The number of fused-ring (bicyclic) bond motifs is 1. The van der Waals surface area contributed by atoms with Crippen molar-refractivity contribution in [1.82, 2.24) is 14.5 Å². The quantitative estimate of drug-likeness (QED) is 0.587. The Morgan fingerprint density at radius 3 is 2.58 bits per heavy atom. The number of aryl methyl sites for hydroxylation is 2. The molecular weight excluding hydrogens is 402 g/mol. The maximum absolute atomic E-state index is 13.1. The highest BCUT2D eigenvalue weighted by Gasteiger charge is 2.31. The largest absolute Gasteiger partial charge is 0.416 e. The second kappa shape index (κ2) is 7.59. The molecule has 1 fully saturated rings. The second-order valence-electron chi connectivity index (χ2n) is 8.02. The summed E-state index contributed by atoms with van der Waals surface area (Å²) in [6, 6.07) is 5.71. The summed E-state index contributed by atoms with van der Waals surface area (Å²) in [5.74, 6) is 1.24. The fraction of sp³-hybridized carbons (Fsp3) is 0.409. The molecule has 1 aliphatic rings. The van der Waals surface area contributed by atoms with Crippen LogP contribution in [0.5, 0.6) is 0 Å². The summed E-state index contributed by atoms with van der Waals surface area (Å²) in [6.07, 6.45) is -2.71. The lowest BCUT2D eigenvalue weighted by atomic mass is 9.91. The van der Waals surface area contributed by atoms with E-state index < -0.39 is 11.7 Å². The molecular formula is C22H21BF3N5. The van der Waals surface area contributed by atoms with Gasteiger partial charge in [-0.2, -0.15) is 18.4 Å². The number of benzene rings is 1. The van der Waals surface area contributed by atoms with Crippen LogP contribution in [0.1, 0.15) is 35.5 Å². The minimum absolute atomic E-state index is 0.0233. The van der Waals surface area contributed by atoms with Crippen LogP contribution >= 0.6 is 0 Å². The highest BCUT2D eigenvalue weighted by molar-refractivity contribution is 6.35. The Kier molecular flexibility index (Phi) is 5.20. The Morgan fingerprint density at radius 1 is 1.19 bits per heavy atom. The monoisotopic (exact) mass is 423 g/mol. The van der Waals surface area contributed by atoms with Crippen LogP contribution in [0.2, 0.25) is 0 Å². The van der Waals surface area contributed by atoms with E-state index in [0.717, 1.165) is 54.0 Å². The first kappa shape index (κ1) is 21.2. The molecule has 1 unspecified atom stereocenters. The minimum atomic E-state index is -4.46. The van der Waals surface area contributed by atoms with Gasteiger partial charge in [0.15, 0.2) is 5.65 Å². The molecule has 9 heteroatoms. The van der Waals surface area contributed by atoms with Gasteiger partial charge in [-0.05, 0) is 51.3 Å². The van der Waals surface area contributed by atoms with E-state index in [2.05, 4.69) is 20.9 Å². The zero-order chi connectivity index (χ0) is 22.5. The molecule has 31 heavy (non-hydrogen) atoms. The highest BCUT2D eigenvalue weighted by Crippen LogP contribution is 2.35. The Morgan fingerprint density at radius 2 is 1.94 bits per heavy atom. The second-order valence-corrected chi connectivity index (χ2v) is 8.02. The van der Waals surface area contributed by atoms with Gasteiger partial charge >= 0.3 is 6.18 Å².